The lowest BCUT2D eigenvalue weighted by Gasteiger charge is -2.06. The van der Waals surface area contributed by atoms with Gasteiger partial charge in [0, 0.05) is 23.0 Å². The van der Waals surface area contributed by atoms with Crippen LogP contribution >= 0.6 is 27.7 Å². The van der Waals surface area contributed by atoms with E-state index in [1.54, 1.807) is 6.20 Å². The third-order valence-corrected chi connectivity index (χ3v) is 3.33. The Kier molecular flexibility index (Phi) is 4.84. The first-order valence-corrected chi connectivity index (χ1v) is 5.96. The number of aromatic nitrogens is 1. The Labute approximate surface area is 95.1 Å². The highest BCUT2D eigenvalue weighted by atomic mass is 79.9. The third-order valence-electron chi connectivity index (χ3n) is 1.59. The molecule has 2 nitrogen and oxygen atoms in total. The molecule has 0 aliphatic rings. The fourth-order valence-corrected chi connectivity index (χ4v) is 1.96. The van der Waals surface area contributed by atoms with Crippen LogP contribution in [0.15, 0.2) is 21.8 Å². The smallest absolute Gasteiger partial charge is 0.156 e. The van der Waals surface area contributed by atoms with Crippen LogP contribution in [-0.2, 0) is 0 Å². The van der Waals surface area contributed by atoms with E-state index in [0.29, 0.717) is 15.3 Å². The molecule has 14 heavy (non-hydrogen) atoms. The van der Waals surface area contributed by atoms with Gasteiger partial charge in [-0.2, -0.15) is 0 Å². The average Bonchev–Trinajstić information content (AvgIpc) is 2.16. The monoisotopic (exact) mass is 279 g/mol. The summed E-state index contributed by atoms with van der Waals surface area (Å²) in [6.45, 7) is 2.02. The number of halogens is 2. The molecule has 0 saturated heterocycles. The first-order valence-electron chi connectivity index (χ1n) is 4.18. The Balaban J connectivity index is 2.59. The number of nitrogens with zero attached hydrogens (tertiary/aromatic N) is 1. The number of thioether (sulfide) groups is 1. The van der Waals surface area contributed by atoms with E-state index in [-0.39, 0.29) is 18.3 Å². The van der Waals surface area contributed by atoms with Crippen LogP contribution in [-0.4, -0.2) is 22.5 Å². The Morgan fingerprint density at radius 3 is 3.00 bits per heavy atom. The summed E-state index contributed by atoms with van der Waals surface area (Å²) in [6, 6.07) is 1.39. The Morgan fingerprint density at radius 1 is 1.71 bits per heavy atom. The van der Waals surface area contributed by atoms with Crippen molar-refractivity contribution < 1.29 is 9.50 Å². The Hall–Kier alpha value is -0.130. The third kappa shape index (κ3) is 3.55. The summed E-state index contributed by atoms with van der Waals surface area (Å²) < 4.78 is 13.9. The highest BCUT2D eigenvalue weighted by Gasteiger charge is 2.07. The zero-order valence-electron chi connectivity index (χ0n) is 7.70. The molecule has 1 atom stereocenters. The van der Waals surface area contributed by atoms with Crippen molar-refractivity contribution in [3.63, 3.8) is 0 Å². The molecule has 0 bridgehead atoms. The van der Waals surface area contributed by atoms with Crippen LogP contribution in [0.5, 0.6) is 0 Å². The van der Waals surface area contributed by atoms with Gasteiger partial charge in [0.25, 0.3) is 0 Å². The van der Waals surface area contributed by atoms with Crippen LogP contribution in [0.2, 0.25) is 0 Å². The average molecular weight is 280 g/mol. The molecule has 0 saturated carbocycles. The van der Waals surface area contributed by atoms with Gasteiger partial charge in [-0.05, 0) is 27.9 Å². The zero-order chi connectivity index (χ0) is 10.6. The summed E-state index contributed by atoms with van der Waals surface area (Å²) in [5.74, 6) is 0.501. The molecule has 0 aliphatic carbocycles. The summed E-state index contributed by atoms with van der Waals surface area (Å²) in [5, 5.41) is 9.17. The SMILES string of the molecule is CC(CO)CSc1ncc(Br)cc1F. The molecule has 1 heterocycles. The molecule has 1 aromatic heterocycles. The first-order chi connectivity index (χ1) is 6.63. The van der Waals surface area contributed by atoms with Crippen molar-refractivity contribution in [3.05, 3.63) is 22.6 Å². The van der Waals surface area contributed by atoms with Gasteiger partial charge >= 0.3 is 0 Å². The van der Waals surface area contributed by atoms with E-state index in [9.17, 15) is 4.39 Å². The standard InChI is InChI=1S/C9H11BrFNOS/c1-6(4-13)5-14-9-8(11)2-7(10)3-12-9/h2-3,6,13H,4-5H2,1H3. The van der Waals surface area contributed by atoms with Crippen molar-refractivity contribution in [2.24, 2.45) is 5.92 Å². The number of hydrogen-bond acceptors (Lipinski definition) is 3. The molecule has 78 valence electrons. The quantitative estimate of drug-likeness (QED) is 0.861. The predicted octanol–water partition coefficient (Wildman–Crippen LogP) is 2.70. The lowest BCUT2D eigenvalue weighted by molar-refractivity contribution is 0.250. The van der Waals surface area contributed by atoms with Crippen molar-refractivity contribution in [1.29, 1.82) is 0 Å². The van der Waals surface area contributed by atoms with Gasteiger partial charge in [-0.25, -0.2) is 9.37 Å². The predicted molar refractivity (Wildman–Crippen MR) is 58.9 cm³/mol. The first kappa shape index (κ1) is 11.9. The lowest BCUT2D eigenvalue weighted by atomic mass is 10.2. The van der Waals surface area contributed by atoms with Crippen molar-refractivity contribution in [3.8, 4) is 0 Å². The number of hydrogen-bond donors (Lipinski definition) is 1. The molecule has 1 N–H and O–H groups in total. The number of aliphatic hydroxyl groups excluding tert-OH is 1. The molecular formula is C9H11BrFNOS. The largest absolute Gasteiger partial charge is 0.396 e. The van der Waals surface area contributed by atoms with Gasteiger partial charge in [-0.15, -0.1) is 11.8 Å². The fraction of sp³-hybridized carbons (Fsp3) is 0.444. The van der Waals surface area contributed by atoms with Crippen molar-refractivity contribution in [2.75, 3.05) is 12.4 Å². The molecule has 0 spiro atoms. The van der Waals surface area contributed by atoms with Crippen LogP contribution in [0.25, 0.3) is 0 Å². The molecular weight excluding hydrogens is 269 g/mol. The minimum atomic E-state index is -0.325. The minimum Gasteiger partial charge on any atom is -0.396 e. The summed E-state index contributed by atoms with van der Waals surface area (Å²) in [7, 11) is 0. The molecule has 5 heteroatoms. The van der Waals surface area contributed by atoms with Crippen LogP contribution in [0.4, 0.5) is 4.39 Å². The summed E-state index contributed by atoms with van der Waals surface area (Å²) >= 11 is 4.46. The zero-order valence-corrected chi connectivity index (χ0v) is 10.1. The molecule has 0 fully saturated rings. The Morgan fingerprint density at radius 2 is 2.43 bits per heavy atom. The van der Waals surface area contributed by atoms with Gasteiger partial charge in [-0.1, -0.05) is 6.92 Å². The highest BCUT2D eigenvalue weighted by Crippen LogP contribution is 2.23. The lowest BCUT2D eigenvalue weighted by Crippen LogP contribution is -2.03. The number of rotatable bonds is 4. The molecule has 1 aromatic rings. The summed E-state index contributed by atoms with van der Waals surface area (Å²) in [5.41, 5.74) is 0. The molecule has 0 aliphatic heterocycles. The van der Waals surface area contributed by atoms with E-state index in [4.69, 9.17) is 5.11 Å². The molecule has 0 amide bonds. The fourth-order valence-electron chi connectivity index (χ4n) is 0.782. The second-order valence-electron chi connectivity index (χ2n) is 3.04. The number of pyridine rings is 1. The number of aliphatic hydroxyl groups is 1. The van der Waals surface area contributed by atoms with E-state index >= 15 is 0 Å². The van der Waals surface area contributed by atoms with E-state index in [1.807, 2.05) is 6.92 Å². The molecule has 0 aromatic carbocycles. The maximum Gasteiger partial charge on any atom is 0.156 e. The normalized spacial score (nSPS) is 12.9. The van der Waals surface area contributed by atoms with E-state index in [2.05, 4.69) is 20.9 Å². The van der Waals surface area contributed by atoms with Gasteiger partial charge in [0.1, 0.15) is 5.03 Å². The van der Waals surface area contributed by atoms with Gasteiger partial charge in [0.15, 0.2) is 5.82 Å². The van der Waals surface area contributed by atoms with Crippen molar-refractivity contribution >= 4 is 27.7 Å². The maximum atomic E-state index is 13.2. The van der Waals surface area contributed by atoms with E-state index in [1.165, 1.54) is 17.8 Å². The molecule has 0 radical (unpaired) electrons. The van der Waals surface area contributed by atoms with Crippen LogP contribution in [0.1, 0.15) is 6.92 Å². The van der Waals surface area contributed by atoms with E-state index < -0.39 is 0 Å². The van der Waals surface area contributed by atoms with Gasteiger partial charge in [0.2, 0.25) is 0 Å². The second kappa shape index (κ2) is 5.68. The summed E-state index contributed by atoms with van der Waals surface area (Å²) in [4.78, 5) is 3.94. The maximum absolute atomic E-state index is 13.2. The topological polar surface area (TPSA) is 33.1 Å². The van der Waals surface area contributed by atoms with Gasteiger partial charge in [-0.3, -0.25) is 0 Å². The van der Waals surface area contributed by atoms with E-state index in [0.717, 1.165) is 0 Å². The van der Waals surface area contributed by atoms with Gasteiger partial charge in [0.05, 0.1) is 0 Å². The second-order valence-corrected chi connectivity index (χ2v) is 4.96. The Bertz CT molecular complexity index is 311. The minimum absolute atomic E-state index is 0.116. The molecule has 1 unspecified atom stereocenters. The van der Waals surface area contributed by atoms with Crippen molar-refractivity contribution in [1.82, 2.24) is 4.98 Å². The summed E-state index contributed by atoms with van der Waals surface area (Å²) in [6.07, 6.45) is 1.56. The van der Waals surface area contributed by atoms with Crippen LogP contribution < -0.4 is 0 Å². The van der Waals surface area contributed by atoms with Crippen LogP contribution in [0, 0.1) is 11.7 Å². The van der Waals surface area contributed by atoms with Crippen LogP contribution in [0.3, 0.4) is 0 Å². The van der Waals surface area contributed by atoms with Crippen molar-refractivity contribution in [2.45, 2.75) is 11.9 Å². The van der Waals surface area contributed by atoms with Gasteiger partial charge < -0.3 is 5.11 Å². The highest BCUT2D eigenvalue weighted by molar-refractivity contribution is 9.10. The molecule has 1 rings (SSSR count).